The molecule has 2 aromatic heterocycles. The lowest BCUT2D eigenvalue weighted by Crippen LogP contribution is -2.50. The van der Waals surface area contributed by atoms with Crippen molar-refractivity contribution in [2.24, 2.45) is 13.0 Å². The lowest BCUT2D eigenvalue weighted by molar-refractivity contribution is 0.0387. The maximum atomic E-state index is 13.6. The summed E-state index contributed by atoms with van der Waals surface area (Å²) < 4.78 is 63.2. The molecule has 0 spiro atoms. The fourth-order valence-corrected chi connectivity index (χ4v) is 7.34. The number of amides is 1. The Morgan fingerprint density at radius 2 is 2.03 bits per heavy atom. The molecule has 2 N–H and O–H groups in total. The van der Waals surface area contributed by atoms with E-state index < -0.39 is 38.1 Å². The van der Waals surface area contributed by atoms with Crippen LogP contribution in [-0.4, -0.2) is 85.5 Å². The number of carbonyl (C=O) groups is 1. The highest BCUT2D eigenvalue weighted by Crippen LogP contribution is 2.32. The van der Waals surface area contributed by atoms with Gasteiger partial charge in [-0.25, -0.2) is 21.8 Å². The van der Waals surface area contributed by atoms with E-state index in [4.69, 9.17) is 4.74 Å². The van der Waals surface area contributed by atoms with Gasteiger partial charge in [0, 0.05) is 38.4 Å². The molecule has 3 heterocycles. The van der Waals surface area contributed by atoms with Gasteiger partial charge >= 0.3 is 0 Å². The van der Waals surface area contributed by atoms with E-state index in [9.17, 15) is 26.7 Å². The van der Waals surface area contributed by atoms with Crippen molar-refractivity contribution in [3.8, 4) is 5.75 Å². The number of aryl methyl sites for hydroxylation is 1. The number of aliphatic hydroxyl groups excluding tert-OH is 1. The Balaban J connectivity index is 1.68. The number of ether oxygens (including phenoxy) is 1. The van der Waals surface area contributed by atoms with Crippen LogP contribution in [0.25, 0.3) is 0 Å². The summed E-state index contributed by atoms with van der Waals surface area (Å²) in [6.45, 7) is 3.38. The first kappa shape index (κ1) is 29.0. The van der Waals surface area contributed by atoms with Crippen molar-refractivity contribution in [1.82, 2.24) is 18.8 Å². The van der Waals surface area contributed by atoms with Gasteiger partial charge in [0.2, 0.25) is 0 Å². The third-order valence-corrected chi connectivity index (χ3v) is 11.0. The lowest BCUT2D eigenvalue weighted by atomic mass is 9.99. The molecule has 0 unspecified atom stereocenters. The van der Waals surface area contributed by atoms with Gasteiger partial charge in [-0.3, -0.25) is 9.52 Å². The van der Waals surface area contributed by atoms with Crippen molar-refractivity contribution >= 4 is 43.0 Å². The molecule has 3 aromatic rings. The van der Waals surface area contributed by atoms with Crippen molar-refractivity contribution in [2.75, 3.05) is 31.5 Å². The molecule has 0 saturated carbocycles. The number of benzene rings is 1. The molecule has 1 amide bonds. The Labute approximate surface area is 231 Å². The quantitative estimate of drug-likeness (QED) is 0.379. The van der Waals surface area contributed by atoms with Crippen LogP contribution in [0.3, 0.4) is 0 Å². The summed E-state index contributed by atoms with van der Waals surface area (Å²) in [5.41, 5.74) is 0.254. The average molecular weight is 598 g/mol. The third kappa shape index (κ3) is 6.11. The van der Waals surface area contributed by atoms with E-state index in [1.165, 1.54) is 53.3 Å². The number of nitrogens with zero attached hydrogens (tertiary/aromatic N) is 4. The molecule has 0 saturated heterocycles. The van der Waals surface area contributed by atoms with E-state index in [2.05, 4.69) is 9.71 Å². The zero-order chi connectivity index (χ0) is 28.5. The second-order valence-electron chi connectivity index (χ2n) is 9.53. The summed E-state index contributed by atoms with van der Waals surface area (Å²) in [4.78, 5) is 19.1. The number of rotatable bonds is 9. The van der Waals surface area contributed by atoms with E-state index in [1.54, 1.807) is 25.4 Å². The van der Waals surface area contributed by atoms with Gasteiger partial charge in [0.05, 0.1) is 31.1 Å². The van der Waals surface area contributed by atoms with Gasteiger partial charge in [0.1, 0.15) is 16.1 Å². The van der Waals surface area contributed by atoms with Crippen LogP contribution in [-0.2, 0) is 27.1 Å². The Morgan fingerprint density at radius 1 is 1.28 bits per heavy atom. The largest absolute Gasteiger partial charge is 0.488 e. The van der Waals surface area contributed by atoms with Gasteiger partial charge in [-0.15, -0.1) is 11.3 Å². The fourth-order valence-electron chi connectivity index (χ4n) is 4.16. The van der Waals surface area contributed by atoms with Gasteiger partial charge in [0.25, 0.3) is 26.0 Å². The predicted octanol–water partition coefficient (Wildman–Crippen LogP) is 1.82. The lowest BCUT2D eigenvalue weighted by Gasteiger charge is -2.38. The van der Waals surface area contributed by atoms with Crippen LogP contribution >= 0.6 is 11.3 Å². The van der Waals surface area contributed by atoms with Gasteiger partial charge in [-0.05, 0) is 36.6 Å². The highest BCUT2D eigenvalue weighted by Gasteiger charge is 2.36. The van der Waals surface area contributed by atoms with Crippen LogP contribution in [0.4, 0.5) is 5.69 Å². The number of carbonyl (C=O) groups excluding carboxylic acids is 1. The zero-order valence-electron chi connectivity index (χ0n) is 21.9. The number of imidazole rings is 1. The van der Waals surface area contributed by atoms with Crippen LogP contribution in [0, 0.1) is 5.92 Å². The molecule has 0 bridgehead atoms. The van der Waals surface area contributed by atoms with E-state index >= 15 is 0 Å². The number of aromatic nitrogens is 2. The monoisotopic (exact) mass is 597 g/mol. The SMILES string of the molecule is C[C@H](CO)N1C[C@H](C)[C@H](CN(C)S(=O)(=O)c2cn(C)cn2)Oc2ccc(NS(=O)(=O)c3cccs3)cc2C1=O. The van der Waals surface area contributed by atoms with Crippen molar-refractivity contribution in [1.29, 1.82) is 0 Å². The van der Waals surface area contributed by atoms with Crippen molar-refractivity contribution in [3.63, 3.8) is 0 Å². The molecule has 212 valence electrons. The summed E-state index contributed by atoms with van der Waals surface area (Å²) in [7, 11) is -4.66. The number of anilines is 1. The Bertz CT molecular complexity index is 1540. The molecule has 1 aliphatic rings. The predicted molar refractivity (Wildman–Crippen MR) is 146 cm³/mol. The molecule has 0 fully saturated rings. The van der Waals surface area contributed by atoms with Crippen molar-refractivity contribution in [3.05, 3.63) is 53.8 Å². The van der Waals surface area contributed by atoms with E-state index in [0.29, 0.717) is 0 Å². The summed E-state index contributed by atoms with van der Waals surface area (Å²) in [5, 5.41) is 11.4. The second-order valence-corrected chi connectivity index (χ2v) is 14.4. The minimum atomic E-state index is -3.91. The van der Waals surface area contributed by atoms with Crippen molar-refractivity contribution < 1.29 is 31.5 Å². The first-order valence-corrected chi connectivity index (χ1v) is 15.9. The van der Waals surface area contributed by atoms with E-state index in [0.717, 1.165) is 15.6 Å². The number of likely N-dealkylation sites (N-methyl/N-ethyl adjacent to an activating group) is 1. The number of hydrogen-bond donors (Lipinski definition) is 2. The van der Waals surface area contributed by atoms with Crippen molar-refractivity contribution in [2.45, 2.75) is 35.2 Å². The number of aliphatic hydroxyl groups is 1. The molecule has 12 nitrogen and oxygen atoms in total. The highest BCUT2D eigenvalue weighted by atomic mass is 32.2. The first-order chi connectivity index (χ1) is 18.3. The van der Waals surface area contributed by atoms with Gasteiger partial charge in [-0.2, -0.15) is 4.31 Å². The molecule has 3 atom stereocenters. The number of fused-ring (bicyclic) bond motifs is 1. The summed E-state index contributed by atoms with van der Waals surface area (Å²) in [6.07, 6.45) is 2.13. The van der Waals surface area contributed by atoms with Crippen LogP contribution in [0.2, 0.25) is 0 Å². The summed E-state index contributed by atoms with van der Waals surface area (Å²) in [5.74, 6) is -0.590. The summed E-state index contributed by atoms with van der Waals surface area (Å²) in [6, 6.07) is 6.90. The molecular weight excluding hydrogens is 566 g/mol. The standard InChI is InChI=1S/C24H31N5O7S3/c1-16-11-29(17(2)14-30)24(31)19-10-18(26-38(32,33)23-6-5-9-37-23)7-8-20(19)36-21(16)12-28(4)39(34,35)22-13-27(3)15-25-22/h5-10,13,15-17,21,26,30H,11-12,14H2,1-4H3/t16-,17+,21-/m0/s1. The molecule has 0 aliphatic carbocycles. The van der Waals surface area contributed by atoms with Gasteiger partial charge in [0.15, 0.2) is 5.03 Å². The fraction of sp³-hybridized carbons (Fsp3) is 0.417. The molecule has 0 radical (unpaired) electrons. The smallest absolute Gasteiger partial charge is 0.271 e. The molecule has 1 aliphatic heterocycles. The Hall–Kier alpha value is -2.98. The normalized spacial score (nSPS) is 19.2. The maximum Gasteiger partial charge on any atom is 0.271 e. The molecule has 4 rings (SSSR count). The topological polar surface area (TPSA) is 151 Å². The number of sulfonamides is 2. The van der Waals surface area contributed by atoms with Crippen LogP contribution in [0.5, 0.6) is 5.75 Å². The molecule has 39 heavy (non-hydrogen) atoms. The Morgan fingerprint density at radius 3 is 2.64 bits per heavy atom. The number of nitrogens with one attached hydrogen (secondary N) is 1. The number of hydrogen-bond acceptors (Lipinski definition) is 9. The third-order valence-electron chi connectivity index (χ3n) is 6.47. The van der Waals surface area contributed by atoms with Gasteiger partial charge < -0.3 is 19.3 Å². The zero-order valence-corrected chi connectivity index (χ0v) is 24.3. The minimum absolute atomic E-state index is 0.0399. The highest BCUT2D eigenvalue weighted by molar-refractivity contribution is 7.94. The van der Waals surface area contributed by atoms with Crippen LogP contribution in [0.1, 0.15) is 24.2 Å². The molecular formula is C24H31N5O7S3. The second kappa shape index (κ2) is 11.3. The van der Waals surface area contributed by atoms with E-state index in [1.807, 2.05) is 6.92 Å². The van der Waals surface area contributed by atoms with Crippen LogP contribution in [0.15, 0.2) is 57.5 Å². The molecule has 15 heteroatoms. The maximum absolute atomic E-state index is 13.6. The minimum Gasteiger partial charge on any atom is -0.488 e. The number of thiophene rings is 1. The summed E-state index contributed by atoms with van der Waals surface area (Å²) >= 11 is 1.06. The Kier molecular flexibility index (Phi) is 8.37. The van der Waals surface area contributed by atoms with Gasteiger partial charge in [-0.1, -0.05) is 13.0 Å². The molecule has 1 aromatic carbocycles. The van der Waals surface area contributed by atoms with E-state index in [-0.39, 0.29) is 51.8 Å². The van der Waals surface area contributed by atoms with Crippen LogP contribution < -0.4 is 9.46 Å². The first-order valence-electron chi connectivity index (χ1n) is 12.1. The average Bonchev–Trinajstić information content (AvgIpc) is 3.59.